The summed E-state index contributed by atoms with van der Waals surface area (Å²) in [6.07, 6.45) is 0. The first-order valence-corrected chi connectivity index (χ1v) is 7.71. The number of ether oxygens (including phenoxy) is 1. The van der Waals surface area contributed by atoms with Crippen molar-refractivity contribution in [1.82, 2.24) is 5.32 Å². The van der Waals surface area contributed by atoms with Crippen LogP contribution in [0, 0.1) is 5.82 Å². The number of benzene rings is 2. The smallest absolute Gasteiger partial charge is 0.138 e. The molecule has 5 heteroatoms. The molecule has 0 fully saturated rings. The first-order chi connectivity index (χ1) is 9.99. The molecule has 0 aliphatic carbocycles. The maximum absolute atomic E-state index is 13.3. The molecule has 0 aromatic heterocycles. The molecule has 0 spiro atoms. The van der Waals surface area contributed by atoms with Crippen molar-refractivity contribution in [2.75, 3.05) is 7.05 Å². The van der Waals surface area contributed by atoms with Gasteiger partial charge < -0.3 is 10.1 Å². The van der Waals surface area contributed by atoms with Crippen LogP contribution >= 0.6 is 27.5 Å². The fraction of sp³-hybridized carbons (Fsp3) is 0.250. The Balaban J connectivity index is 2.09. The summed E-state index contributed by atoms with van der Waals surface area (Å²) in [6, 6.07) is 10.5. The third kappa shape index (κ3) is 4.43. The summed E-state index contributed by atoms with van der Waals surface area (Å²) in [5, 5.41) is 3.70. The number of rotatable bonds is 5. The van der Waals surface area contributed by atoms with Crippen LogP contribution in [0.2, 0.25) is 5.02 Å². The molecule has 2 nitrogen and oxygen atoms in total. The molecule has 2 aromatic carbocycles. The van der Waals surface area contributed by atoms with Crippen LogP contribution in [0.5, 0.6) is 5.75 Å². The lowest BCUT2D eigenvalue weighted by Gasteiger charge is -2.13. The molecule has 0 saturated carbocycles. The number of nitrogens with one attached hydrogen (secondary N) is 1. The lowest BCUT2D eigenvalue weighted by Crippen LogP contribution is -2.12. The molecule has 2 aromatic rings. The van der Waals surface area contributed by atoms with E-state index in [0.717, 1.165) is 11.1 Å². The minimum Gasteiger partial charge on any atom is -0.487 e. The Morgan fingerprint density at radius 2 is 2.05 bits per heavy atom. The maximum atomic E-state index is 13.3. The van der Waals surface area contributed by atoms with E-state index in [9.17, 15) is 4.39 Å². The summed E-state index contributed by atoms with van der Waals surface area (Å²) in [4.78, 5) is 0. The molecule has 0 amide bonds. The highest BCUT2D eigenvalue weighted by atomic mass is 79.9. The van der Waals surface area contributed by atoms with Gasteiger partial charge in [-0.2, -0.15) is 0 Å². The van der Waals surface area contributed by atoms with E-state index in [1.807, 2.05) is 31.3 Å². The van der Waals surface area contributed by atoms with Crippen molar-refractivity contribution in [3.05, 3.63) is 62.8 Å². The lowest BCUT2D eigenvalue weighted by molar-refractivity contribution is 0.305. The van der Waals surface area contributed by atoms with Crippen LogP contribution in [0.1, 0.15) is 24.1 Å². The quantitative estimate of drug-likeness (QED) is 0.788. The van der Waals surface area contributed by atoms with E-state index in [4.69, 9.17) is 16.3 Å². The normalized spacial score (nSPS) is 12.2. The molecule has 0 saturated heterocycles. The van der Waals surface area contributed by atoms with Gasteiger partial charge in [0.2, 0.25) is 0 Å². The molecule has 1 atom stereocenters. The second-order valence-corrected chi connectivity index (χ2v) is 6.09. The number of halogens is 3. The van der Waals surface area contributed by atoms with Gasteiger partial charge >= 0.3 is 0 Å². The minimum absolute atomic E-state index is 0.218. The van der Waals surface area contributed by atoms with E-state index in [0.29, 0.717) is 15.2 Å². The van der Waals surface area contributed by atoms with Gasteiger partial charge in [-0.3, -0.25) is 0 Å². The van der Waals surface area contributed by atoms with Gasteiger partial charge in [-0.1, -0.05) is 33.6 Å². The second-order valence-electron chi connectivity index (χ2n) is 4.77. The van der Waals surface area contributed by atoms with Crippen LogP contribution in [-0.2, 0) is 6.61 Å². The van der Waals surface area contributed by atoms with Crippen LogP contribution in [0.15, 0.2) is 40.9 Å². The van der Waals surface area contributed by atoms with Gasteiger partial charge in [0.25, 0.3) is 0 Å². The van der Waals surface area contributed by atoms with Gasteiger partial charge in [0.15, 0.2) is 0 Å². The molecular weight excluding hydrogens is 357 g/mol. The molecule has 2 rings (SSSR count). The summed E-state index contributed by atoms with van der Waals surface area (Å²) in [6.45, 7) is 2.31. The molecule has 21 heavy (non-hydrogen) atoms. The number of hydrogen-bond donors (Lipinski definition) is 1. The van der Waals surface area contributed by atoms with E-state index in [2.05, 4.69) is 28.2 Å². The first-order valence-electron chi connectivity index (χ1n) is 6.54. The van der Waals surface area contributed by atoms with Crippen molar-refractivity contribution in [3.8, 4) is 5.75 Å². The molecular formula is C16H16BrClFNO. The summed E-state index contributed by atoms with van der Waals surface area (Å²) < 4.78 is 19.6. The van der Waals surface area contributed by atoms with E-state index in [1.165, 1.54) is 12.1 Å². The molecule has 0 bridgehead atoms. The standard InChI is InChI=1S/C16H16BrClFNO/c1-10(20-2)12-3-4-16(15(18)7-12)21-9-11-5-13(17)8-14(19)6-11/h3-8,10,20H,9H2,1-2H3. The highest BCUT2D eigenvalue weighted by molar-refractivity contribution is 9.10. The maximum Gasteiger partial charge on any atom is 0.138 e. The summed E-state index contributed by atoms with van der Waals surface area (Å²) in [5.41, 5.74) is 1.83. The van der Waals surface area contributed by atoms with Crippen LogP contribution in [0.4, 0.5) is 4.39 Å². The van der Waals surface area contributed by atoms with E-state index in [1.54, 1.807) is 0 Å². The fourth-order valence-corrected chi connectivity index (χ4v) is 2.68. The van der Waals surface area contributed by atoms with Crippen molar-refractivity contribution in [1.29, 1.82) is 0 Å². The molecule has 1 unspecified atom stereocenters. The molecule has 0 radical (unpaired) electrons. The fourth-order valence-electron chi connectivity index (χ4n) is 1.93. The zero-order valence-corrected chi connectivity index (χ0v) is 14.1. The van der Waals surface area contributed by atoms with Crippen LogP contribution < -0.4 is 10.1 Å². The van der Waals surface area contributed by atoms with Gasteiger partial charge in [0.1, 0.15) is 18.2 Å². The Morgan fingerprint density at radius 3 is 2.67 bits per heavy atom. The Bertz CT molecular complexity index is 615. The SMILES string of the molecule is CNC(C)c1ccc(OCc2cc(F)cc(Br)c2)c(Cl)c1. The predicted octanol–water partition coefficient (Wildman–Crippen LogP) is 5.10. The first kappa shape index (κ1) is 16.3. The average molecular weight is 373 g/mol. The molecule has 1 N–H and O–H groups in total. The van der Waals surface area contributed by atoms with E-state index >= 15 is 0 Å². The van der Waals surface area contributed by atoms with Crippen LogP contribution in [0.3, 0.4) is 0 Å². The van der Waals surface area contributed by atoms with Gasteiger partial charge in [-0.05, 0) is 55.4 Å². The Morgan fingerprint density at radius 1 is 1.29 bits per heavy atom. The highest BCUT2D eigenvalue weighted by Crippen LogP contribution is 2.28. The highest BCUT2D eigenvalue weighted by Gasteiger charge is 2.08. The minimum atomic E-state index is -0.299. The number of hydrogen-bond acceptors (Lipinski definition) is 2. The van der Waals surface area contributed by atoms with Crippen molar-refractivity contribution in [2.45, 2.75) is 19.6 Å². The monoisotopic (exact) mass is 371 g/mol. The van der Waals surface area contributed by atoms with Crippen molar-refractivity contribution >= 4 is 27.5 Å². The largest absolute Gasteiger partial charge is 0.487 e. The topological polar surface area (TPSA) is 21.3 Å². The Kier molecular flexibility index (Phi) is 5.62. The van der Waals surface area contributed by atoms with Crippen molar-refractivity contribution < 1.29 is 9.13 Å². The summed E-state index contributed by atoms with van der Waals surface area (Å²) >= 11 is 9.48. The molecule has 112 valence electrons. The van der Waals surface area contributed by atoms with Crippen LogP contribution in [0.25, 0.3) is 0 Å². The lowest BCUT2D eigenvalue weighted by atomic mass is 10.1. The van der Waals surface area contributed by atoms with Crippen LogP contribution in [-0.4, -0.2) is 7.05 Å². The Labute approximate surface area is 137 Å². The third-order valence-electron chi connectivity index (χ3n) is 3.21. The van der Waals surface area contributed by atoms with Gasteiger partial charge in [0.05, 0.1) is 5.02 Å². The van der Waals surface area contributed by atoms with Crippen molar-refractivity contribution in [2.24, 2.45) is 0 Å². The summed E-state index contributed by atoms with van der Waals surface area (Å²) in [7, 11) is 1.89. The van der Waals surface area contributed by atoms with Crippen molar-refractivity contribution in [3.63, 3.8) is 0 Å². The van der Waals surface area contributed by atoms with Gasteiger partial charge in [-0.15, -0.1) is 0 Å². The Hall–Kier alpha value is -1.10. The van der Waals surface area contributed by atoms with Gasteiger partial charge in [0, 0.05) is 10.5 Å². The molecule has 0 aliphatic heterocycles. The van der Waals surface area contributed by atoms with E-state index < -0.39 is 0 Å². The average Bonchev–Trinajstić information content (AvgIpc) is 2.44. The van der Waals surface area contributed by atoms with E-state index in [-0.39, 0.29) is 18.5 Å². The second kappa shape index (κ2) is 7.25. The van der Waals surface area contributed by atoms with Gasteiger partial charge in [-0.25, -0.2) is 4.39 Å². The third-order valence-corrected chi connectivity index (χ3v) is 3.96. The summed E-state index contributed by atoms with van der Waals surface area (Å²) in [5.74, 6) is 0.288. The molecule has 0 aliphatic rings. The zero-order chi connectivity index (χ0) is 15.4. The predicted molar refractivity (Wildman–Crippen MR) is 87.4 cm³/mol. The zero-order valence-electron chi connectivity index (χ0n) is 11.8. The molecule has 0 heterocycles.